The van der Waals surface area contributed by atoms with E-state index in [1.165, 1.54) is 6.07 Å². The molecular formula is C14H23FN2O2. The zero-order valence-corrected chi connectivity index (χ0v) is 11.7. The number of halogens is 1. The van der Waals surface area contributed by atoms with Crippen LogP contribution in [0.2, 0.25) is 0 Å². The second-order valence-corrected chi connectivity index (χ2v) is 4.47. The van der Waals surface area contributed by atoms with E-state index in [1.54, 1.807) is 26.4 Å². The normalized spacial score (nSPS) is 11.2. The predicted molar refractivity (Wildman–Crippen MR) is 74.5 cm³/mol. The van der Waals surface area contributed by atoms with Crippen molar-refractivity contribution >= 4 is 5.69 Å². The van der Waals surface area contributed by atoms with Crippen molar-refractivity contribution in [3.8, 4) is 0 Å². The van der Waals surface area contributed by atoms with Gasteiger partial charge in [0, 0.05) is 51.7 Å². The standard InChI is InChI=1S/C14H23FN2O2/c1-18-8-3-6-17(7-9-19-2)11-12-4-5-13(16)10-14(12)15/h4-5,10H,3,6-9,11,16H2,1-2H3. The third kappa shape index (κ3) is 6.00. The molecule has 0 amide bonds. The number of nitrogens with zero attached hydrogens (tertiary/aromatic N) is 1. The molecule has 0 heterocycles. The third-order valence-electron chi connectivity index (χ3n) is 2.91. The van der Waals surface area contributed by atoms with E-state index >= 15 is 0 Å². The third-order valence-corrected chi connectivity index (χ3v) is 2.91. The van der Waals surface area contributed by atoms with Gasteiger partial charge in [-0.1, -0.05) is 6.07 Å². The monoisotopic (exact) mass is 270 g/mol. The molecule has 1 rings (SSSR count). The highest BCUT2D eigenvalue weighted by Gasteiger charge is 2.09. The van der Waals surface area contributed by atoms with Gasteiger partial charge >= 0.3 is 0 Å². The molecule has 5 heteroatoms. The Hall–Kier alpha value is -1.17. The minimum atomic E-state index is -0.255. The number of methoxy groups -OCH3 is 2. The van der Waals surface area contributed by atoms with E-state index in [4.69, 9.17) is 15.2 Å². The Kier molecular flexibility index (Phi) is 7.40. The van der Waals surface area contributed by atoms with Crippen LogP contribution >= 0.6 is 0 Å². The average Bonchev–Trinajstić information content (AvgIpc) is 2.39. The SMILES string of the molecule is COCCCN(CCOC)Cc1ccc(N)cc1F. The number of nitrogen functional groups attached to an aromatic ring is 1. The minimum absolute atomic E-state index is 0.255. The summed E-state index contributed by atoms with van der Waals surface area (Å²) in [7, 11) is 3.34. The first kappa shape index (κ1) is 15.9. The van der Waals surface area contributed by atoms with Crippen molar-refractivity contribution in [3.63, 3.8) is 0 Å². The van der Waals surface area contributed by atoms with Gasteiger partial charge in [0.15, 0.2) is 0 Å². The second kappa shape index (κ2) is 8.85. The number of anilines is 1. The summed E-state index contributed by atoms with van der Waals surface area (Å²) in [6.07, 6.45) is 0.913. The van der Waals surface area contributed by atoms with Crippen molar-refractivity contribution < 1.29 is 13.9 Å². The maximum absolute atomic E-state index is 13.8. The summed E-state index contributed by atoms with van der Waals surface area (Å²) in [5, 5.41) is 0. The van der Waals surface area contributed by atoms with Crippen molar-refractivity contribution in [2.45, 2.75) is 13.0 Å². The zero-order chi connectivity index (χ0) is 14.1. The highest BCUT2D eigenvalue weighted by Crippen LogP contribution is 2.14. The smallest absolute Gasteiger partial charge is 0.129 e. The molecule has 19 heavy (non-hydrogen) atoms. The Morgan fingerprint density at radius 3 is 2.53 bits per heavy atom. The molecule has 0 aromatic heterocycles. The summed E-state index contributed by atoms with van der Waals surface area (Å²) in [6, 6.07) is 4.82. The molecule has 108 valence electrons. The number of hydrogen-bond donors (Lipinski definition) is 1. The van der Waals surface area contributed by atoms with Crippen LogP contribution in [0.1, 0.15) is 12.0 Å². The van der Waals surface area contributed by atoms with E-state index in [-0.39, 0.29) is 5.82 Å². The van der Waals surface area contributed by atoms with Gasteiger partial charge < -0.3 is 15.2 Å². The highest BCUT2D eigenvalue weighted by atomic mass is 19.1. The molecule has 4 nitrogen and oxygen atoms in total. The fourth-order valence-corrected chi connectivity index (χ4v) is 1.86. The molecule has 0 aliphatic heterocycles. The largest absolute Gasteiger partial charge is 0.399 e. The van der Waals surface area contributed by atoms with Crippen LogP contribution in [0.3, 0.4) is 0 Å². The molecule has 0 spiro atoms. The molecule has 0 aliphatic rings. The fourth-order valence-electron chi connectivity index (χ4n) is 1.86. The molecular weight excluding hydrogens is 247 g/mol. The number of ether oxygens (including phenoxy) is 2. The first-order chi connectivity index (χ1) is 9.17. The first-order valence-electron chi connectivity index (χ1n) is 6.41. The van der Waals surface area contributed by atoms with E-state index in [1.807, 2.05) is 0 Å². The summed E-state index contributed by atoms with van der Waals surface area (Å²) in [6.45, 7) is 3.50. The summed E-state index contributed by atoms with van der Waals surface area (Å²) < 4.78 is 23.9. The van der Waals surface area contributed by atoms with Crippen LogP contribution in [0.5, 0.6) is 0 Å². The molecule has 0 atom stereocenters. The zero-order valence-electron chi connectivity index (χ0n) is 11.7. The maximum Gasteiger partial charge on any atom is 0.129 e. The van der Waals surface area contributed by atoms with Crippen LogP contribution in [0.25, 0.3) is 0 Å². The van der Waals surface area contributed by atoms with Gasteiger partial charge in [0.25, 0.3) is 0 Å². The molecule has 0 unspecified atom stereocenters. The molecule has 0 bridgehead atoms. The summed E-state index contributed by atoms with van der Waals surface area (Å²) >= 11 is 0. The molecule has 2 N–H and O–H groups in total. The van der Waals surface area contributed by atoms with Gasteiger partial charge in [-0.3, -0.25) is 4.90 Å². The van der Waals surface area contributed by atoms with Crippen molar-refractivity contribution in [2.75, 3.05) is 46.3 Å². The van der Waals surface area contributed by atoms with Crippen LogP contribution in [-0.4, -0.2) is 45.4 Å². The van der Waals surface area contributed by atoms with Crippen molar-refractivity contribution in [2.24, 2.45) is 0 Å². The lowest BCUT2D eigenvalue weighted by atomic mass is 10.1. The lowest BCUT2D eigenvalue weighted by Gasteiger charge is -2.22. The van der Waals surface area contributed by atoms with Gasteiger partial charge in [0.2, 0.25) is 0 Å². The molecule has 0 saturated heterocycles. The van der Waals surface area contributed by atoms with E-state index in [2.05, 4.69) is 4.90 Å². The summed E-state index contributed by atoms with van der Waals surface area (Å²) in [5.41, 5.74) is 6.65. The van der Waals surface area contributed by atoms with Crippen LogP contribution in [-0.2, 0) is 16.0 Å². The number of benzene rings is 1. The van der Waals surface area contributed by atoms with E-state index in [9.17, 15) is 4.39 Å². The van der Waals surface area contributed by atoms with Gasteiger partial charge in [0.05, 0.1) is 6.61 Å². The lowest BCUT2D eigenvalue weighted by molar-refractivity contribution is 0.128. The topological polar surface area (TPSA) is 47.7 Å². The van der Waals surface area contributed by atoms with E-state index in [0.29, 0.717) is 31.0 Å². The van der Waals surface area contributed by atoms with Gasteiger partial charge in [-0.2, -0.15) is 0 Å². The Morgan fingerprint density at radius 1 is 1.16 bits per heavy atom. The predicted octanol–water partition coefficient (Wildman–Crippen LogP) is 1.89. The van der Waals surface area contributed by atoms with E-state index < -0.39 is 0 Å². The molecule has 1 aromatic carbocycles. The Labute approximate surface area is 114 Å². The molecule has 1 aromatic rings. The van der Waals surface area contributed by atoms with Gasteiger partial charge in [-0.25, -0.2) is 4.39 Å². The maximum atomic E-state index is 13.8. The second-order valence-electron chi connectivity index (χ2n) is 4.47. The van der Waals surface area contributed by atoms with E-state index in [0.717, 1.165) is 19.5 Å². The van der Waals surface area contributed by atoms with Crippen molar-refractivity contribution in [3.05, 3.63) is 29.6 Å². The highest BCUT2D eigenvalue weighted by molar-refractivity contribution is 5.40. The fraction of sp³-hybridized carbons (Fsp3) is 0.571. The molecule has 0 fully saturated rings. The molecule has 0 aliphatic carbocycles. The Morgan fingerprint density at radius 2 is 1.89 bits per heavy atom. The minimum Gasteiger partial charge on any atom is -0.399 e. The van der Waals surface area contributed by atoms with Crippen molar-refractivity contribution in [1.29, 1.82) is 0 Å². The molecule has 0 saturated carbocycles. The Balaban J connectivity index is 2.58. The van der Waals surface area contributed by atoms with Crippen LogP contribution in [0.15, 0.2) is 18.2 Å². The molecule has 0 radical (unpaired) electrons. The first-order valence-corrected chi connectivity index (χ1v) is 6.41. The number of nitrogens with two attached hydrogens (primary N) is 1. The van der Waals surface area contributed by atoms with Crippen LogP contribution in [0, 0.1) is 5.82 Å². The van der Waals surface area contributed by atoms with Gasteiger partial charge in [-0.15, -0.1) is 0 Å². The summed E-state index contributed by atoms with van der Waals surface area (Å²) in [4.78, 5) is 2.15. The summed E-state index contributed by atoms with van der Waals surface area (Å²) in [5.74, 6) is -0.255. The van der Waals surface area contributed by atoms with Crippen LogP contribution in [0.4, 0.5) is 10.1 Å². The lowest BCUT2D eigenvalue weighted by Crippen LogP contribution is -2.29. The van der Waals surface area contributed by atoms with Crippen LogP contribution < -0.4 is 5.73 Å². The quantitative estimate of drug-likeness (QED) is 0.550. The van der Waals surface area contributed by atoms with Gasteiger partial charge in [0.1, 0.15) is 5.82 Å². The van der Waals surface area contributed by atoms with Crippen molar-refractivity contribution in [1.82, 2.24) is 4.90 Å². The number of hydrogen-bond acceptors (Lipinski definition) is 4. The Bertz CT molecular complexity index is 374. The number of rotatable bonds is 9. The average molecular weight is 270 g/mol. The van der Waals surface area contributed by atoms with Gasteiger partial charge in [-0.05, 0) is 18.6 Å².